The van der Waals surface area contributed by atoms with Crippen molar-refractivity contribution in [2.45, 2.75) is 6.18 Å². The molecule has 0 N–H and O–H groups in total. The lowest BCUT2D eigenvalue weighted by Gasteiger charge is -2.07. The van der Waals surface area contributed by atoms with Gasteiger partial charge in [0.1, 0.15) is 5.75 Å². The van der Waals surface area contributed by atoms with Crippen molar-refractivity contribution in [3.05, 3.63) is 70.7 Å². The molecule has 0 radical (unpaired) electrons. The van der Waals surface area contributed by atoms with E-state index < -0.39 is 11.9 Å². The Morgan fingerprint density at radius 3 is 2.21 bits per heavy atom. The molecule has 0 aliphatic carbocycles. The Morgan fingerprint density at radius 2 is 1.59 bits per heavy atom. The second-order valence-corrected chi connectivity index (χ2v) is 7.35. The summed E-state index contributed by atoms with van der Waals surface area (Å²) in [4.78, 5) is 4.36. The van der Waals surface area contributed by atoms with E-state index in [9.17, 15) is 13.2 Å². The van der Waals surface area contributed by atoms with Crippen LogP contribution in [0.1, 0.15) is 5.69 Å². The molecule has 2 aromatic heterocycles. The van der Waals surface area contributed by atoms with Gasteiger partial charge in [0.2, 0.25) is 5.13 Å². The van der Waals surface area contributed by atoms with Gasteiger partial charge >= 0.3 is 6.18 Å². The van der Waals surface area contributed by atoms with Crippen LogP contribution in [0.25, 0.3) is 27.6 Å². The second kappa shape index (κ2) is 7.53. The monoisotopic (exact) mass is 435 g/mol. The number of halogens is 4. The fourth-order valence-corrected chi connectivity index (χ4v) is 3.67. The fraction of sp³-hybridized carbons (Fsp3) is 0.100. The van der Waals surface area contributed by atoms with Gasteiger partial charge in [0.25, 0.3) is 0 Å². The van der Waals surface area contributed by atoms with Crippen molar-refractivity contribution < 1.29 is 17.9 Å². The van der Waals surface area contributed by atoms with E-state index in [2.05, 4.69) is 10.1 Å². The second-order valence-electron chi connectivity index (χ2n) is 6.08. The summed E-state index contributed by atoms with van der Waals surface area (Å²) in [7, 11) is 1.56. The predicted octanol–water partition coefficient (Wildman–Crippen LogP) is 6.34. The molecule has 0 unspecified atom stereocenters. The highest BCUT2D eigenvalue weighted by atomic mass is 35.5. The minimum atomic E-state index is -4.58. The van der Waals surface area contributed by atoms with Crippen LogP contribution in [-0.2, 0) is 6.18 Å². The summed E-state index contributed by atoms with van der Waals surface area (Å²) in [6, 6.07) is 14.6. The van der Waals surface area contributed by atoms with Crippen LogP contribution >= 0.6 is 22.9 Å². The lowest BCUT2D eigenvalue weighted by Crippen LogP contribution is -2.13. The Morgan fingerprint density at radius 1 is 0.966 bits per heavy atom. The van der Waals surface area contributed by atoms with Crippen LogP contribution in [0.2, 0.25) is 5.02 Å². The van der Waals surface area contributed by atoms with Crippen molar-refractivity contribution in [3.63, 3.8) is 0 Å². The normalized spacial score (nSPS) is 11.6. The highest BCUT2D eigenvalue weighted by Gasteiger charge is 2.37. The molecule has 4 nitrogen and oxygen atoms in total. The van der Waals surface area contributed by atoms with Crippen molar-refractivity contribution in [3.8, 4) is 33.4 Å². The smallest absolute Gasteiger partial charge is 0.433 e. The Hall–Kier alpha value is -2.84. The van der Waals surface area contributed by atoms with E-state index >= 15 is 0 Å². The van der Waals surface area contributed by atoms with Gasteiger partial charge in [-0.1, -0.05) is 23.7 Å². The van der Waals surface area contributed by atoms with Crippen LogP contribution < -0.4 is 4.74 Å². The molecule has 0 spiro atoms. The molecule has 0 amide bonds. The topological polar surface area (TPSA) is 39.9 Å². The van der Waals surface area contributed by atoms with Crippen LogP contribution in [0, 0.1) is 0 Å². The predicted molar refractivity (Wildman–Crippen MR) is 107 cm³/mol. The van der Waals surface area contributed by atoms with Gasteiger partial charge < -0.3 is 4.74 Å². The maximum atomic E-state index is 13.6. The Kier molecular flexibility index (Phi) is 5.06. The summed E-state index contributed by atoms with van der Waals surface area (Å²) in [5, 5.41) is 6.48. The molecular formula is C20H13ClF3N3OS. The largest absolute Gasteiger partial charge is 0.497 e. The van der Waals surface area contributed by atoms with E-state index in [0.29, 0.717) is 22.0 Å². The van der Waals surface area contributed by atoms with E-state index in [0.717, 1.165) is 27.6 Å². The number of thiazole rings is 1. The molecule has 2 heterocycles. The minimum absolute atomic E-state index is 0.128. The summed E-state index contributed by atoms with van der Waals surface area (Å²) >= 11 is 6.95. The highest BCUT2D eigenvalue weighted by Crippen LogP contribution is 2.35. The molecule has 148 valence electrons. The van der Waals surface area contributed by atoms with Gasteiger partial charge in [-0.05, 0) is 42.5 Å². The zero-order valence-corrected chi connectivity index (χ0v) is 16.5. The van der Waals surface area contributed by atoms with Gasteiger partial charge in [-0.15, -0.1) is 11.3 Å². The molecule has 0 aliphatic heterocycles. The van der Waals surface area contributed by atoms with Gasteiger partial charge in [-0.25, -0.2) is 9.67 Å². The van der Waals surface area contributed by atoms with Crippen molar-refractivity contribution in [2.75, 3.05) is 7.11 Å². The van der Waals surface area contributed by atoms with Gasteiger partial charge in [-0.2, -0.15) is 18.3 Å². The molecule has 0 aliphatic rings. The average molecular weight is 436 g/mol. The van der Waals surface area contributed by atoms with Crippen molar-refractivity contribution in [2.24, 2.45) is 0 Å². The summed E-state index contributed by atoms with van der Waals surface area (Å²) in [5.41, 5.74) is 1.16. The lowest BCUT2D eigenvalue weighted by molar-refractivity contribution is -0.142. The number of rotatable bonds is 4. The van der Waals surface area contributed by atoms with Gasteiger partial charge in [0.15, 0.2) is 5.69 Å². The molecule has 0 saturated heterocycles. The molecule has 29 heavy (non-hydrogen) atoms. The first-order valence-corrected chi connectivity index (χ1v) is 9.64. The highest BCUT2D eigenvalue weighted by molar-refractivity contribution is 7.12. The van der Waals surface area contributed by atoms with Gasteiger partial charge in [0, 0.05) is 21.5 Å². The van der Waals surface area contributed by atoms with Crippen LogP contribution in [-0.4, -0.2) is 21.9 Å². The number of hydrogen-bond donors (Lipinski definition) is 0. The molecular weight excluding hydrogens is 423 g/mol. The minimum Gasteiger partial charge on any atom is -0.497 e. The maximum Gasteiger partial charge on any atom is 0.433 e. The van der Waals surface area contributed by atoms with Crippen molar-refractivity contribution >= 4 is 22.9 Å². The van der Waals surface area contributed by atoms with E-state index in [1.807, 2.05) is 0 Å². The molecule has 0 atom stereocenters. The number of nitrogens with zero attached hydrogens (tertiary/aromatic N) is 3. The fourth-order valence-electron chi connectivity index (χ4n) is 2.75. The number of aromatic nitrogens is 3. The van der Waals surface area contributed by atoms with Crippen LogP contribution in [0.15, 0.2) is 60.0 Å². The van der Waals surface area contributed by atoms with Crippen LogP contribution in [0.3, 0.4) is 0 Å². The summed E-state index contributed by atoms with van der Waals surface area (Å²) < 4.78 is 46.8. The Bertz CT molecular complexity index is 1140. The Balaban J connectivity index is 1.75. The standard InChI is InChI=1S/C20H13ClF3N3OS/c1-28-15-8-4-13(5-9-15)17-11-29-19(25-17)27-18(20(22,23)24)10-16(26-27)12-2-6-14(21)7-3-12/h2-11H,1H3. The molecule has 2 aromatic carbocycles. The first kappa shape index (κ1) is 19.5. The first-order chi connectivity index (χ1) is 13.8. The van der Waals surface area contributed by atoms with Gasteiger partial charge in [-0.3, -0.25) is 0 Å². The van der Waals surface area contributed by atoms with Crippen molar-refractivity contribution in [1.29, 1.82) is 0 Å². The summed E-state index contributed by atoms with van der Waals surface area (Å²) in [5.74, 6) is 0.684. The number of alkyl halides is 3. The summed E-state index contributed by atoms with van der Waals surface area (Å²) in [6.07, 6.45) is -4.58. The lowest BCUT2D eigenvalue weighted by atomic mass is 10.1. The molecule has 9 heteroatoms. The zero-order valence-electron chi connectivity index (χ0n) is 14.9. The number of ether oxygens (including phenoxy) is 1. The zero-order chi connectivity index (χ0) is 20.6. The molecule has 0 fully saturated rings. The van der Waals surface area contributed by atoms with Crippen molar-refractivity contribution in [1.82, 2.24) is 14.8 Å². The van der Waals surface area contributed by atoms with E-state index in [1.54, 1.807) is 61.0 Å². The van der Waals surface area contributed by atoms with E-state index in [1.165, 1.54) is 0 Å². The molecule has 0 bridgehead atoms. The van der Waals surface area contributed by atoms with Gasteiger partial charge in [0.05, 0.1) is 18.5 Å². The third-order valence-corrected chi connectivity index (χ3v) is 5.27. The SMILES string of the molecule is COc1ccc(-c2csc(-n3nc(-c4ccc(Cl)cc4)cc3C(F)(F)F)n2)cc1. The third kappa shape index (κ3) is 3.99. The number of benzene rings is 2. The third-order valence-electron chi connectivity index (χ3n) is 4.20. The van der Waals surface area contributed by atoms with E-state index in [4.69, 9.17) is 16.3 Å². The first-order valence-electron chi connectivity index (χ1n) is 8.38. The quantitative estimate of drug-likeness (QED) is 0.375. The van der Waals surface area contributed by atoms with Crippen LogP contribution in [0.5, 0.6) is 5.75 Å². The van der Waals surface area contributed by atoms with Crippen LogP contribution in [0.4, 0.5) is 13.2 Å². The maximum absolute atomic E-state index is 13.6. The Labute approximate surface area is 173 Å². The number of methoxy groups -OCH3 is 1. The van der Waals surface area contributed by atoms with E-state index in [-0.39, 0.29) is 10.8 Å². The molecule has 4 aromatic rings. The molecule has 4 rings (SSSR count). The summed E-state index contributed by atoms with van der Waals surface area (Å²) in [6.45, 7) is 0. The average Bonchev–Trinajstić information content (AvgIpc) is 3.36. The molecule has 0 saturated carbocycles. The number of hydrogen-bond acceptors (Lipinski definition) is 4.